The second-order valence-corrected chi connectivity index (χ2v) is 5.19. The summed E-state index contributed by atoms with van der Waals surface area (Å²) in [5, 5.41) is 4.00. The van der Waals surface area contributed by atoms with Crippen molar-refractivity contribution in [2.45, 2.75) is 6.54 Å². The van der Waals surface area contributed by atoms with Crippen molar-refractivity contribution in [3.05, 3.63) is 65.9 Å². The van der Waals surface area contributed by atoms with Crippen LogP contribution in [0.3, 0.4) is 0 Å². The molecule has 0 saturated carbocycles. The van der Waals surface area contributed by atoms with Crippen molar-refractivity contribution >= 4 is 16.8 Å². The molecule has 0 aliphatic carbocycles. The van der Waals surface area contributed by atoms with Gasteiger partial charge in [0.25, 0.3) is 5.91 Å². The summed E-state index contributed by atoms with van der Waals surface area (Å²) in [6.45, 7) is 0.440. The van der Waals surface area contributed by atoms with Gasteiger partial charge in [0, 0.05) is 41.8 Å². The first-order valence-electron chi connectivity index (χ1n) is 7.14. The summed E-state index contributed by atoms with van der Waals surface area (Å²) in [6.07, 6.45) is 1.99. The lowest BCUT2D eigenvalue weighted by molar-refractivity contribution is 0.0951. The molecular formula is C18H18N2O2. The van der Waals surface area contributed by atoms with E-state index in [1.54, 1.807) is 7.11 Å². The smallest absolute Gasteiger partial charge is 0.251 e. The van der Waals surface area contributed by atoms with Crippen LogP contribution in [0, 0.1) is 0 Å². The van der Waals surface area contributed by atoms with Crippen LogP contribution >= 0.6 is 0 Å². The second-order valence-electron chi connectivity index (χ2n) is 5.19. The lowest BCUT2D eigenvalue weighted by Crippen LogP contribution is -2.23. The van der Waals surface area contributed by atoms with Gasteiger partial charge in [-0.15, -0.1) is 0 Å². The van der Waals surface area contributed by atoms with E-state index in [4.69, 9.17) is 4.74 Å². The van der Waals surface area contributed by atoms with E-state index < -0.39 is 0 Å². The number of methoxy groups -OCH3 is 1. The topological polar surface area (TPSA) is 43.3 Å². The quantitative estimate of drug-likeness (QED) is 0.803. The number of para-hydroxylation sites is 1. The molecule has 0 radical (unpaired) electrons. The normalized spacial score (nSPS) is 10.6. The summed E-state index contributed by atoms with van der Waals surface area (Å²) in [5.74, 6) is 0.693. The number of carbonyl (C=O) groups excluding carboxylic acids is 1. The molecule has 112 valence electrons. The van der Waals surface area contributed by atoms with Gasteiger partial charge in [0.2, 0.25) is 0 Å². The largest absolute Gasteiger partial charge is 0.496 e. The number of amides is 1. The van der Waals surface area contributed by atoms with E-state index >= 15 is 0 Å². The highest BCUT2D eigenvalue weighted by atomic mass is 16.5. The van der Waals surface area contributed by atoms with Crippen LogP contribution in [0.1, 0.15) is 15.9 Å². The fourth-order valence-electron chi connectivity index (χ4n) is 2.55. The summed E-state index contributed by atoms with van der Waals surface area (Å²) in [5.41, 5.74) is 2.73. The predicted molar refractivity (Wildman–Crippen MR) is 87.1 cm³/mol. The van der Waals surface area contributed by atoms with Crippen LogP contribution in [-0.4, -0.2) is 17.6 Å². The van der Waals surface area contributed by atoms with Crippen LogP contribution in [0.25, 0.3) is 10.9 Å². The van der Waals surface area contributed by atoms with Crippen LogP contribution in [0.15, 0.2) is 54.7 Å². The number of aryl methyl sites for hydroxylation is 1. The van der Waals surface area contributed by atoms with Crippen molar-refractivity contribution in [2.24, 2.45) is 7.05 Å². The van der Waals surface area contributed by atoms with Gasteiger partial charge in [0.15, 0.2) is 0 Å². The number of hydrogen-bond acceptors (Lipinski definition) is 2. The SMILES string of the molecule is COc1ccccc1CNC(=O)c1ccc2c(ccn2C)c1. The summed E-state index contributed by atoms with van der Waals surface area (Å²) in [6, 6.07) is 15.4. The highest BCUT2D eigenvalue weighted by Gasteiger charge is 2.09. The average molecular weight is 294 g/mol. The number of aromatic nitrogens is 1. The highest BCUT2D eigenvalue weighted by molar-refractivity contribution is 5.98. The maximum Gasteiger partial charge on any atom is 0.251 e. The van der Waals surface area contributed by atoms with Crippen molar-refractivity contribution in [1.29, 1.82) is 0 Å². The molecule has 0 atom stereocenters. The number of carbonyl (C=O) groups is 1. The molecule has 22 heavy (non-hydrogen) atoms. The molecule has 0 bridgehead atoms. The van der Waals surface area contributed by atoms with Gasteiger partial charge in [0.05, 0.1) is 7.11 Å². The lowest BCUT2D eigenvalue weighted by Gasteiger charge is -2.09. The molecule has 0 fully saturated rings. The molecule has 0 aliphatic heterocycles. The van der Waals surface area contributed by atoms with Crippen LogP contribution < -0.4 is 10.1 Å². The Morgan fingerprint density at radius 3 is 2.82 bits per heavy atom. The summed E-state index contributed by atoms with van der Waals surface area (Å²) >= 11 is 0. The van der Waals surface area contributed by atoms with Crippen molar-refractivity contribution in [3.8, 4) is 5.75 Å². The van der Waals surface area contributed by atoms with E-state index in [0.29, 0.717) is 12.1 Å². The van der Waals surface area contributed by atoms with Gasteiger partial charge in [-0.05, 0) is 30.3 Å². The third-order valence-corrected chi connectivity index (χ3v) is 3.78. The van der Waals surface area contributed by atoms with Crippen LogP contribution in [0.5, 0.6) is 5.75 Å². The van der Waals surface area contributed by atoms with E-state index in [9.17, 15) is 4.79 Å². The standard InChI is InChI=1S/C18H18N2O2/c1-20-10-9-13-11-14(7-8-16(13)20)18(21)19-12-15-5-3-4-6-17(15)22-2/h3-11H,12H2,1-2H3,(H,19,21). The maximum atomic E-state index is 12.3. The van der Waals surface area contributed by atoms with E-state index in [1.165, 1.54) is 0 Å². The molecule has 1 heterocycles. The minimum absolute atomic E-state index is 0.0864. The van der Waals surface area contributed by atoms with Gasteiger partial charge >= 0.3 is 0 Å². The van der Waals surface area contributed by atoms with Crippen molar-refractivity contribution in [1.82, 2.24) is 9.88 Å². The minimum atomic E-state index is -0.0864. The van der Waals surface area contributed by atoms with Gasteiger partial charge < -0.3 is 14.6 Å². The first kappa shape index (κ1) is 14.2. The number of nitrogens with one attached hydrogen (secondary N) is 1. The molecule has 3 rings (SSSR count). The third-order valence-electron chi connectivity index (χ3n) is 3.78. The number of ether oxygens (including phenoxy) is 1. The van der Waals surface area contributed by atoms with E-state index in [0.717, 1.165) is 22.2 Å². The van der Waals surface area contributed by atoms with Crippen molar-refractivity contribution < 1.29 is 9.53 Å². The number of hydrogen-bond donors (Lipinski definition) is 1. The Hall–Kier alpha value is -2.75. The number of fused-ring (bicyclic) bond motifs is 1. The Balaban J connectivity index is 1.75. The fraction of sp³-hybridized carbons (Fsp3) is 0.167. The van der Waals surface area contributed by atoms with E-state index in [1.807, 2.05) is 66.3 Å². The number of rotatable bonds is 4. The second kappa shape index (κ2) is 5.93. The molecule has 0 aliphatic rings. The van der Waals surface area contributed by atoms with Crippen LogP contribution in [-0.2, 0) is 13.6 Å². The number of nitrogens with zero attached hydrogens (tertiary/aromatic N) is 1. The van der Waals surface area contributed by atoms with Crippen LogP contribution in [0.2, 0.25) is 0 Å². The Labute approximate surface area is 129 Å². The lowest BCUT2D eigenvalue weighted by atomic mass is 10.1. The van der Waals surface area contributed by atoms with Crippen LogP contribution in [0.4, 0.5) is 0 Å². The van der Waals surface area contributed by atoms with E-state index in [-0.39, 0.29) is 5.91 Å². The fourth-order valence-corrected chi connectivity index (χ4v) is 2.55. The minimum Gasteiger partial charge on any atom is -0.496 e. The first-order chi connectivity index (χ1) is 10.7. The zero-order chi connectivity index (χ0) is 15.5. The van der Waals surface area contributed by atoms with Gasteiger partial charge in [-0.1, -0.05) is 18.2 Å². The van der Waals surface area contributed by atoms with Crippen molar-refractivity contribution in [2.75, 3.05) is 7.11 Å². The number of benzene rings is 2. The molecule has 4 nitrogen and oxygen atoms in total. The molecule has 2 aromatic carbocycles. The summed E-state index contributed by atoms with van der Waals surface area (Å²) in [7, 11) is 3.62. The Kier molecular flexibility index (Phi) is 3.83. The monoisotopic (exact) mass is 294 g/mol. The molecule has 1 N–H and O–H groups in total. The zero-order valence-corrected chi connectivity index (χ0v) is 12.7. The van der Waals surface area contributed by atoms with Gasteiger partial charge in [-0.3, -0.25) is 4.79 Å². The van der Waals surface area contributed by atoms with Gasteiger partial charge in [0.1, 0.15) is 5.75 Å². The molecule has 4 heteroatoms. The predicted octanol–water partition coefficient (Wildman–Crippen LogP) is 3.12. The van der Waals surface area contributed by atoms with Crippen molar-refractivity contribution in [3.63, 3.8) is 0 Å². The van der Waals surface area contributed by atoms with Gasteiger partial charge in [-0.25, -0.2) is 0 Å². The third kappa shape index (κ3) is 2.68. The van der Waals surface area contributed by atoms with E-state index in [2.05, 4.69) is 5.32 Å². The molecule has 0 saturated heterocycles. The molecule has 1 aromatic heterocycles. The average Bonchev–Trinajstić information content (AvgIpc) is 2.93. The summed E-state index contributed by atoms with van der Waals surface area (Å²) in [4.78, 5) is 12.3. The molecule has 3 aromatic rings. The Morgan fingerprint density at radius 2 is 2.00 bits per heavy atom. The van der Waals surface area contributed by atoms with Gasteiger partial charge in [-0.2, -0.15) is 0 Å². The zero-order valence-electron chi connectivity index (χ0n) is 12.7. The molecular weight excluding hydrogens is 276 g/mol. The Bertz CT molecular complexity index is 821. The molecule has 1 amide bonds. The first-order valence-corrected chi connectivity index (χ1v) is 7.14. The summed E-state index contributed by atoms with van der Waals surface area (Å²) < 4.78 is 7.32. The molecule has 0 unspecified atom stereocenters. The highest BCUT2D eigenvalue weighted by Crippen LogP contribution is 2.18. The Morgan fingerprint density at radius 1 is 1.18 bits per heavy atom. The maximum absolute atomic E-state index is 12.3. The molecule has 0 spiro atoms.